The van der Waals surface area contributed by atoms with Crippen LogP contribution in [0.4, 0.5) is 0 Å². The van der Waals surface area contributed by atoms with Crippen molar-refractivity contribution >= 4 is 23.2 Å². The average molecular weight is 363 g/mol. The fourth-order valence-electron chi connectivity index (χ4n) is 2.99. The third kappa shape index (κ3) is 4.42. The summed E-state index contributed by atoms with van der Waals surface area (Å²) in [7, 11) is 3.24. The summed E-state index contributed by atoms with van der Waals surface area (Å²) < 4.78 is 10.8. The molecule has 2 rings (SSSR count). The lowest BCUT2D eigenvalue weighted by molar-refractivity contribution is -0.119. The first-order valence-electron chi connectivity index (χ1n) is 8.16. The minimum absolute atomic E-state index is 0.0717. The summed E-state index contributed by atoms with van der Waals surface area (Å²) in [6.45, 7) is 7.04. The number of thiocarbonyl (C=S) groups is 1. The Morgan fingerprint density at radius 1 is 1.36 bits per heavy atom. The van der Waals surface area contributed by atoms with Crippen molar-refractivity contribution in [3.63, 3.8) is 0 Å². The molecule has 0 saturated heterocycles. The van der Waals surface area contributed by atoms with E-state index in [0.29, 0.717) is 29.7 Å². The molecule has 1 aliphatic rings. The highest BCUT2D eigenvalue weighted by Crippen LogP contribution is 2.37. The maximum Gasteiger partial charge on any atom is 0.216 e. The van der Waals surface area contributed by atoms with Crippen molar-refractivity contribution in [1.29, 1.82) is 0 Å². The molecule has 25 heavy (non-hydrogen) atoms. The third-order valence-corrected chi connectivity index (χ3v) is 4.58. The number of rotatable bonds is 6. The first-order chi connectivity index (χ1) is 12.0. The summed E-state index contributed by atoms with van der Waals surface area (Å²) in [5.41, 5.74) is 2.26. The Kier molecular flexibility index (Phi) is 6.64. The fraction of sp³-hybridized carbons (Fsp3) is 0.444. The zero-order valence-corrected chi connectivity index (χ0v) is 15.7. The molecule has 1 heterocycles. The first kappa shape index (κ1) is 19.1. The Balaban J connectivity index is 2.38. The summed E-state index contributed by atoms with van der Waals surface area (Å²) in [6, 6.07) is 3.91. The average Bonchev–Trinajstić information content (AvgIpc) is 2.62. The molecule has 1 amide bonds. The number of hydrogen-bond acceptors (Lipinski definition) is 4. The molecule has 6 nitrogen and oxygen atoms in total. The van der Waals surface area contributed by atoms with Crippen LogP contribution in [0, 0.1) is 0 Å². The Morgan fingerprint density at radius 2 is 2.04 bits per heavy atom. The minimum Gasteiger partial charge on any atom is -0.493 e. The minimum atomic E-state index is -0.0720. The molecule has 0 aliphatic carbocycles. The van der Waals surface area contributed by atoms with E-state index in [0.717, 1.165) is 18.5 Å². The van der Waals surface area contributed by atoms with Crippen molar-refractivity contribution in [2.24, 2.45) is 0 Å². The largest absolute Gasteiger partial charge is 0.493 e. The molecule has 0 aromatic heterocycles. The first-order valence-corrected chi connectivity index (χ1v) is 8.57. The highest BCUT2D eigenvalue weighted by atomic mass is 32.1. The molecular formula is C18H25N3O3S. The molecule has 136 valence electrons. The number of hydrogen-bond donors (Lipinski definition) is 2. The standard InChI is InChI=1S/C18H25N3O3S/c1-5-7-19-18(25)21-8-6-13-9-16(23-3)17(24-4)10-14(13)15(21)11-20-12(2)22/h5,9-10,15H,1,6-8,11H2,2-4H3,(H,19,25)(H,20,22)/t15-/m1/s1. The van der Waals surface area contributed by atoms with E-state index in [1.165, 1.54) is 12.5 Å². The van der Waals surface area contributed by atoms with Gasteiger partial charge in [-0.05, 0) is 41.9 Å². The lowest BCUT2D eigenvalue weighted by atomic mass is 9.92. The molecule has 0 radical (unpaired) electrons. The van der Waals surface area contributed by atoms with E-state index < -0.39 is 0 Å². The van der Waals surface area contributed by atoms with Crippen LogP contribution in [-0.2, 0) is 11.2 Å². The summed E-state index contributed by atoms with van der Waals surface area (Å²) in [5.74, 6) is 1.30. The van der Waals surface area contributed by atoms with E-state index in [1.807, 2.05) is 12.1 Å². The molecule has 0 bridgehead atoms. The summed E-state index contributed by atoms with van der Waals surface area (Å²) in [4.78, 5) is 13.5. The fourth-order valence-corrected chi connectivity index (χ4v) is 3.29. The van der Waals surface area contributed by atoms with Crippen LogP contribution in [0.3, 0.4) is 0 Å². The lowest BCUT2D eigenvalue weighted by Crippen LogP contribution is -2.48. The smallest absolute Gasteiger partial charge is 0.216 e. The van der Waals surface area contributed by atoms with Crippen molar-refractivity contribution in [1.82, 2.24) is 15.5 Å². The van der Waals surface area contributed by atoms with Crippen LogP contribution in [0.5, 0.6) is 11.5 Å². The number of carbonyl (C=O) groups excluding carboxylic acids is 1. The van der Waals surface area contributed by atoms with Gasteiger partial charge in [-0.3, -0.25) is 4.79 Å². The molecule has 0 saturated carbocycles. The molecular weight excluding hydrogens is 338 g/mol. The van der Waals surface area contributed by atoms with E-state index in [1.54, 1.807) is 20.3 Å². The van der Waals surface area contributed by atoms with Crippen LogP contribution in [0.1, 0.15) is 24.1 Å². The number of fused-ring (bicyclic) bond motifs is 1. The predicted octanol–water partition coefficient (Wildman–Crippen LogP) is 1.80. The lowest BCUT2D eigenvalue weighted by Gasteiger charge is -2.39. The van der Waals surface area contributed by atoms with Gasteiger partial charge in [-0.1, -0.05) is 6.08 Å². The molecule has 1 atom stereocenters. The van der Waals surface area contributed by atoms with Crippen LogP contribution in [-0.4, -0.2) is 49.8 Å². The number of ether oxygens (including phenoxy) is 2. The van der Waals surface area contributed by atoms with Crippen molar-refractivity contribution in [2.45, 2.75) is 19.4 Å². The SMILES string of the molecule is C=CCNC(=S)N1CCc2cc(OC)c(OC)cc2[C@H]1CNC(C)=O. The van der Waals surface area contributed by atoms with E-state index in [9.17, 15) is 4.79 Å². The Morgan fingerprint density at radius 3 is 2.64 bits per heavy atom. The Bertz CT molecular complexity index is 663. The molecule has 0 fully saturated rings. The van der Waals surface area contributed by atoms with Gasteiger partial charge in [0.2, 0.25) is 5.91 Å². The van der Waals surface area contributed by atoms with E-state index >= 15 is 0 Å². The van der Waals surface area contributed by atoms with Crippen molar-refractivity contribution in [3.8, 4) is 11.5 Å². The number of nitrogens with zero attached hydrogens (tertiary/aromatic N) is 1. The van der Waals surface area contributed by atoms with Crippen LogP contribution in [0.25, 0.3) is 0 Å². The van der Waals surface area contributed by atoms with Crippen LogP contribution >= 0.6 is 12.2 Å². The predicted molar refractivity (Wildman–Crippen MR) is 102 cm³/mol. The second-order valence-electron chi connectivity index (χ2n) is 5.78. The van der Waals surface area contributed by atoms with Gasteiger partial charge in [0.15, 0.2) is 16.6 Å². The van der Waals surface area contributed by atoms with Crippen molar-refractivity contribution < 1.29 is 14.3 Å². The number of benzene rings is 1. The third-order valence-electron chi connectivity index (χ3n) is 4.21. The van der Waals surface area contributed by atoms with Crippen molar-refractivity contribution in [2.75, 3.05) is 33.9 Å². The van der Waals surface area contributed by atoms with Gasteiger partial charge in [0.05, 0.1) is 20.3 Å². The molecule has 7 heteroatoms. The molecule has 0 spiro atoms. The van der Waals surface area contributed by atoms with Gasteiger partial charge in [-0.2, -0.15) is 0 Å². The zero-order valence-electron chi connectivity index (χ0n) is 14.9. The van der Waals surface area contributed by atoms with Gasteiger partial charge in [-0.25, -0.2) is 0 Å². The van der Waals surface area contributed by atoms with Gasteiger partial charge >= 0.3 is 0 Å². The topological polar surface area (TPSA) is 62.8 Å². The van der Waals surface area contributed by atoms with Crippen LogP contribution in [0.2, 0.25) is 0 Å². The molecule has 2 N–H and O–H groups in total. The second-order valence-corrected chi connectivity index (χ2v) is 6.16. The van der Waals surface area contributed by atoms with Gasteiger partial charge in [0, 0.05) is 26.6 Å². The van der Waals surface area contributed by atoms with E-state index in [4.69, 9.17) is 21.7 Å². The summed E-state index contributed by atoms with van der Waals surface area (Å²) in [6.07, 6.45) is 2.60. The maximum absolute atomic E-state index is 11.4. The Hall–Kier alpha value is -2.28. The number of nitrogens with one attached hydrogen (secondary N) is 2. The van der Waals surface area contributed by atoms with Gasteiger partial charge in [0.1, 0.15) is 0 Å². The van der Waals surface area contributed by atoms with Crippen LogP contribution < -0.4 is 20.1 Å². The highest BCUT2D eigenvalue weighted by molar-refractivity contribution is 7.80. The van der Waals surface area contributed by atoms with Gasteiger partial charge in [-0.15, -0.1) is 6.58 Å². The second kappa shape index (κ2) is 8.71. The number of amides is 1. The van der Waals surface area contributed by atoms with Crippen LogP contribution in [0.15, 0.2) is 24.8 Å². The summed E-state index contributed by atoms with van der Waals surface area (Å²) in [5, 5.41) is 6.72. The molecule has 1 aliphatic heterocycles. The van der Waals surface area contributed by atoms with E-state index in [-0.39, 0.29) is 11.9 Å². The van der Waals surface area contributed by atoms with Gasteiger partial charge < -0.3 is 25.0 Å². The number of methoxy groups -OCH3 is 2. The molecule has 1 aromatic carbocycles. The molecule has 1 aromatic rings. The van der Waals surface area contributed by atoms with E-state index in [2.05, 4.69) is 22.1 Å². The maximum atomic E-state index is 11.4. The summed E-state index contributed by atoms with van der Waals surface area (Å²) >= 11 is 5.53. The Labute approximate surface area is 154 Å². The normalized spacial score (nSPS) is 15.8. The van der Waals surface area contributed by atoms with Crippen molar-refractivity contribution in [3.05, 3.63) is 35.9 Å². The number of carbonyl (C=O) groups is 1. The van der Waals surface area contributed by atoms with Gasteiger partial charge in [0.25, 0.3) is 0 Å². The highest BCUT2D eigenvalue weighted by Gasteiger charge is 2.30. The quantitative estimate of drug-likeness (QED) is 0.594. The monoisotopic (exact) mass is 363 g/mol. The zero-order chi connectivity index (χ0) is 18.4. The molecule has 0 unspecified atom stereocenters.